The number of nitrogens with one attached hydrogen (secondary N) is 2. The van der Waals surface area contributed by atoms with Gasteiger partial charge in [-0.25, -0.2) is 0 Å². The number of hydrogen-bond acceptors (Lipinski definition) is 4. The highest BCUT2D eigenvalue weighted by Gasteiger charge is 2.12. The van der Waals surface area contributed by atoms with Crippen molar-refractivity contribution in [2.24, 2.45) is 0 Å². The van der Waals surface area contributed by atoms with E-state index in [0.717, 1.165) is 11.3 Å². The zero-order valence-corrected chi connectivity index (χ0v) is 10.1. The molecule has 1 amide bonds. The minimum absolute atomic E-state index is 0.0860. The minimum Gasteiger partial charge on any atom is -0.394 e. The van der Waals surface area contributed by atoms with Crippen molar-refractivity contribution < 1.29 is 9.90 Å². The molecule has 2 aromatic heterocycles. The number of aliphatic hydroxyl groups is 1. The second-order valence-corrected chi connectivity index (χ2v) is 4.52. The van der Waals surface area contributed by atoms with Crippen molar-refractivity contribution in [3.8, 4) is 11.3 Å². The summed E-state index contributed by atoms with van der Waals surface area (Å²) >= 11 is 1.58. The van der Waals surface area contributed by atoms with Gasteiger partial charge in [0.15, 0.2) is 0 Å². The monoisotopic (exact) mass is 251 g/mol. The molecule has 5 nitrogen and oxygen atoms in total. The molecule has 0 aliphatic heterocycles. The van der Waals surface area contributed by atoms with Crippen LogP contribution in [0, 0.1) is 0 Å². The molecule has 0 bridgehead atoms. The Bertz CT molecular complexity index is 493. The molecule has 0 fully saturated rings. The first-order valence-electron chi connectivity index (χ1n) is 5.20. The van der Waals surface area contributed by atoms with Crippen molar-refractivity contribution >= 4 is 17.2 Å². The summed E-state index contributed by atoms with van der Waals surface area (Å²) in [4.78, 5) is 11.7. The molecule has 0 aliphatic rings. The molecule has 17 heavy (non-hydrogen) atoms. The Hall–Kier alpha value is -1.66. The summed E-state index contributed by atoms with van der Waals surface area (Å²) in [5.41, 5.74) is 2.13. The van der Waals surface area contributed by atoms with Crippen LogP contribution >= 0.6 is 11.3 Å². The van der Waals surface area contributed by atoms with Crippen molar-refractivity contribution in [3.63, 3.8) is 0 Å². The smallest absolute Gasteiger partial charge is 0.269 e. The fourth-order valence-electron chi connectivity index (χ4n) is 1.34. The first-order valence-corrected chi connectivity index (χ1v) is 6.14. The van der Waals surface area contributed by atoms with Crippen molar-refractivity contribution in [2.45, 2.75) is 13.0 Å². The van der Waals surface area contributed by atoms with Crippen LogP contribution in [0.1, 0.15) is 17.4 Å². The summed E-state index contributed by atoms with van der Waals surface area (Å²) in [6, 6.07) is 3.37. The number of amides is 1. The maximum atomic E-state index is 11.7. The number of hydrogen-bond donors (Lipinski definition) is 3. The lowest BCUT2D eigenvalue weighted by Gasteiger charge is -2.08. The van der Waals surface area contributed by atoms with Gasteiger partial charge in [-0.15, -0.1) is 0 Å². The van der Waals surface area contributed by atoms with Crippen LogP contribution < -0.4 is 5.32 Å². The molecule has 0 unspecified atom stereocenters. The Morgan fingerprint density at radius 1 is 1.71 bits per heavy atom. The second kappa shape index (κ2) is 5.11. The Labute approximate surface area is 102 Å². The summed E-state index contributed by atoms with van der Waals surface area (Å²) in [7, 11) is 0. The first kappa shape index (κ1) is 11.8. The number of carbonyl (C=O) groups excluding carboxylic acids is 1. The summed E-state index contributed by atoms with van der Waals surface area (Å²) in [6.45, 7) is 1.64. The molecule has 90 valence electrons. The number of rotatable bonds is 4. The van der Waals surface area contributed by atoms with E-state index in [1.54, 1.807) is 24.3 Å². The maximum Gasteiger partial charge on any atom is 0.269 e. The summed E-state index contributed by atoms with van der Waals surface area (Å²) in [6.07, 6.45) is 0. The van der Waals surface area contributed by atoms with E-state index in [-0.39, 0.29) is 18.6 Å². The lowest BCUT2D eigenvalue weighted by Crippen LogP contribution is -2.35. The third kappa shape index (κ3) is 2.72. The van der Waals surface area contributed by atoms with Crippen LogP contribution in [0.4, 0.5) is 0 Å². The number of aliphatic hydroxyl groups excluding tert-OH is 1. The van der Waals surface area contributed by atoms with E-state index in [1.807, 2.05) is 16.8 Å². The maximum absolute atomic E-state index is 11.7. The van der Waals surface area contributed by atoms with Crippen LogP contribution in [0.5, 0.6) is 0 Å². The van der Waals surface area contributed by atoms with Gasteiger partial charge in [0.25, 0.3) is 5.91 Å². The lowest BCUT2D eigenvalue weighted by atomic mass is 10.2. The van der Waals surface area contributed by atoms with Crippen LogP contribution in [-0.2, 0) is 0 Å². The van der Waals surface area contributed by atoms with Gasteiger partial charge in [-0.05, 0) is 24.4 Å². The highest BCUT2D eigenvalue weighted by atomic mass is 32.1. The molecule has 3 N–H and O–H groups in total. The number of aromatic amines is 1. The van der Waals surface area contributed by atoms with E-state index in [0.29, 0.717) is 5.69 Å². The van der Waals surface area contributed by atoms with E-state index >= 15 is 0 Å². The molecular weight excluding hydrogens is 238 g/mol. The van der Waals surface area contributed by atoms with Crippen molar-refractivity contribution in [2.75, 3.05) is 6.61 Å². The number of aromatic nitrogens is 2. The Kier molecular flexibility index (Phi) is 3.55. The van der Waals surface area contributed by atoms with Gasteiger partial charge in [0.05, 0.1) is 12.3 Å². The van der Waals surface area contributed by atoms with E-state index in [1.165, 1.54) is 0 Å². The van der Waals surface area contributed by atoms with E-state index in [2.05, 4.69) is 15.5 Å². The first-order chi connectivity index (χ1) is 8.20. The molecule has 0 saturated heterocycles. The average Bonchev–Trinajstić information content (AvgIpc) is 2.98. The molecule has 0 radical (unpaired) electrons. The summed E-state index contributed by atoms with van der Waals surface area (Å²) < 4.78 is 0. The van der Waals surface area contributed by atoms with Gasteiger partial charge < -0.3 is 10.4 Å². The molecule has 6 heteroatoms. The van der Waals surface area contributed by atoms with Gasteiger partial charge in [0.2, 0.25) is 0 Å². The van der Waals surface area contributed by atoms with E-state index < -0.39 is 0 Å². The van der Waals surface area contributed by atoms with Gasteiger partial charge in [-0.2, -0.15) is 16.4 Å². The van der Waals surface area contributed by atoms with Crippen LogP contribution in [0.25, 0.3) is 11.3 Å². The predicted molar refractivity (Wildman–Crippen MR) is 65.9 cm³/mol. The third-order valence-corrected chi connectivity index (χ3v) is 2.97. The van der Waals surface area contributed by atoms with E-state index in [9.17, 15) is 4.79 Å². The number of thiophene rings is 1. The fourth-order valence-corrected chi connectivity index (χ4v) is 1.99. The highest BCUT2D eigenvalue weighted by molar-refractivity contribution is 7.08. The molecule has 2 heterocycles. The summed E-state index contributed by atoms with van der Waals surface area (Å²) in [5.74, 6) is -0.263. The van der Waals surface area contributed by atoms with Crippen molar-refractivity contribution in [1.82, 2.24) is 15.5 Å². The quantitative estimate of drug-likeness (QED) is 0.765. The average molecular weight is 251 g/mol. The van der Waals surface area contributed by atoms with E-state index in [4.69, 9.17) is 5.11 Å². The van der Waals surface area contributed by atoms with Crippen molar-refractivity contribution in [1.29, 1.82) is 0 Å². The lowest BCUT2D eigenvalue weighted by molar-refractivity contribution is 0.0917. The second-order valence-electron chi connectivity index (χ2n) is 3.74. The van der Waals surface area contributed by atoms with Gasteiger partial charge >= 0.3 is 0 Å². The number of carbonyl (C=O) groups is 1. The molecule has 0 aliphatic carbocycles. The molecule has 0 aromatic carbocycles. The van der Waals surface area contributed by atoms with Crippen molar-refractivity contribution in [3.05, 3.63) is 28.6 Å². The Morgan fingerprint density at radius 2 is 2.53 bits per heavy atom. The Balaban J connectivity index is 2.11. The third-order valence-electron chi connectivity index (χ3n) is 2.29. The zero-order chi connectivity index (χ0) is 12.3. The highest BCUT2D eigenvalue weighted by Crippen LogP contribution is 2.20. The molecule has 1 atom stereocenters. The normalized spacial score (nSPS) is 12.4. The molecular formula is C11H13N3O2S. The zero-order valence-electron chi connectivity index (χ0n) is 9.30. The van der Waals surface area contributed by atoms with Gasteiger partial charge in [-0.1, -0.05) is 0 Å². The molecule has 0 saturated carbocycles. The molecule has 2 rings (SSSR count). The van der Waals surface area contributed by atoms with Gasteiger partial charge in [0, 0.05) is 17.0 Å². The minimum atomic E-state index is -0.268. The standard InChI is InChI=1S/C11H13N3O2S/c1-7(5-15)12-11(16)10-4-9(13-14-10)8-2-3-17-6-8/h2-4,6-7,15H,5H2,1H3,(H,12,16)(H,13,14)/t7-/m1/s1. The van der Waals surface area contributed by atoms with Gasteiger partial charge in [0.1, 0.15) is 5.69 Å². The van der Waals surface area contributed by atoms with Crippen LogP contribution in [0.15, 0.2) is 22.9 Å². The SMILES string of the molecule is C[C@H](CO)NC(=O)c1cc(-c2ccsc2)n[nH]1. The molecule has 0 spiro atoms. The largest absolute Gasteiger partial charge is 0.394 e. The number of H-pyrrole nitrogens is 1. The summed E-state index contributed by atoms with van der Waals surface area (Å²) in [5, 5.41) is 22.2. The van der Waals surface area contributed by atoms with Crippen LogP contribution in [0.2, 0.25) is 0 Å². The topological polar surface area (TPSA) is 78.0 Å². The van der Waals surface area contributed by atoms with Crippen LogP contribution in [-0.4, -0.2) is 33.9 Å². The predicted octanol–water partition coefficient (Wildman–Crippen LogP) is 1.25. The number of nitrogens with zero attached hydrogens (tertiary/aromatic N) is 1. The molecule has 2 aromatic rings. The van der Waals surface area contributed by atoms with Gasteiger partial charge in [-0.3, -0.25) is 9.89 Å². The van der Waals surface area contributed by atoms with Crippen LogP contribution in [0.3, 0.4) is 0 Å². The Morgan fingerprint density at radius 3 is 3.18 bits per heavy atom. The fraction of sp³-hybridized carbons (Fsp3) is 0.273.